The molecule has 15 heavy (non-hydrogen) atoms. The van der Waals surface area contributed by atoms with Crippen LogP contribution in [0.15, 0.2) is 17.6 Å². The first-order valence-corrected chi connectivity index (χ1v) is 5.98. The quantitative estimate of drug-likeness (QED) is 0.714. The van der Waals surface area contributed by atoms with Crippen LogP contribution < -0.4 is 5.73 Å². The minimum atomic E-state index is -3.59. The lowest BCUT2D eigenvalue weighted by atomic mass is 10.3. The van der Waals surface area contributed by atoms with Crippen molar-refractivity contribution in [3.8, 4) is 0 Å². The van der Waals surface area contributed by atoms with Crippen LogP contribution in [0, 0.1) is 0 Å². The number of hydrogen-bond acceptors (Lipinski definition) is 4. The predicted molar refractivity (Wildman–Crippen MR) is 59.8 cm³/mol. The van der Waals surface area contributed by atoms with E-state index in [1.807, 2.05) is 0 Å². The molecule has 0 aliphatic carbocycles. The summed E-state index contributed by atoms with van der Waals surface area (Å²) in [6, 6.07) is -0.534. The SMILES string of the molecule is CC(C(N)=S)N(C)S(=O)(=O)c1cnc[nH]1. The first-order valence-electron chi connectivity index (χ1n) is 4.13. The maximum absolute atomic E-state index is 11.9. The van der Waals surface area contributed by atoms with E-state index in [9.17, 15) is 8.42 Å². The van der Waals surface area contributed by atoms with Gasteiger partial charge in [0, 0.05) is 7.05 Å². The fourth-order valence-electron chi connectivity index (χ4n) is 0.927. The van der Waals surface area contributed by atoms with Gasteiger partial charge in [-0.25, -0.2) is 13.4 Å². The summed E-state index contributed by atoms with van der Waals surface area (Å²) in [5, 5.41) is 0.0214. The third-order valence-corrected chi connectivity index (χ3v) is 4.28. The molecule has 0 saturated heterocycles. The van der Waals surface area contributed by atoms with Gasteiger partial charge in [0.25, 0.3) is 10.0 Å². The predicted octanol–water partition coefficient (Wildman–Crippen LogP) is -0.295. The van der Waals surface area contributed by atoms with Gasteiger partial charge in [-0.1, -0.05) is 12.2 Å². The molecule has 3 N–H and O–H groups in total. The second-order valence-corrected chi connectivity index (χ2v) is 5.45. The number of nitrogens with zero attached hydrogens (tertiary/aromatic N) is 2. The van der Waals surface area contributed by atoms with Crippen LogP contribution in [0.5, 0.6) is 0 Å². The highest BCUT2D eigenvalue weighted by atomic mass is 32.2. The first kappa shape index (κ1) is 12.1. The highest BCUT2D eigenvalue weighted by Gasteiger charge is 2.27. The Kier molecular flexibility index (Phi) is 3.42. The molecule has 0 saturated carbocycles. The molecule has 1 heterocycles. The van der Waals surface area contributed by atoms with Gasteiger partial charge in [0.15, 0.2) is 5.03 Å². The minimum Gasteiger partial charge on any atom is -0.392 e. The highest BCUT2D eigenvalue weighted by Crippen LogP contribution is 2.13. The third kappa shape index (κ3) is 2.33. The molecule has 1 unspecified atom stereocenters. The maximum Gasteiger partial charge on any atom is 0.260 e. The lowest BCUT2D eigenvalue weighted by Gasteiger charge is -2.22. The van der Waals surface area contributed by atoms with Crippen LogP contribution in [0.3, 0.4) is 0 Å². The van der Waals surface area contributed by atoms with Gasteiger partial charge in [-0.15, -0.1) is 0 Å². The molecule has 0 aliphatic heterocycles. The minimum absolute atomic E-state index is 0.0214. The molecule has 0 radical (unpaired) electrons. The average molecular weight is 248 g/mol. The van der Waals surface area contributed by atoms with E-state index in [-0.39, 0.29) is 10.0 Å². The highest BCUT2D eigenvalue weighted by molar-refractivity contribution is 7.89. The zero-order valence-electron chi connectivity index (χ0n) is 8.34. The summed E-state index contributed by atoms with van der Waals surface area (Å²) in [7, 11) is -2.18. The van der Waals surface area contributed by atoms with Gasteiger partial charge in [0.05, 0.1) is 23.6 Å². The van der Waals surface area contributed by atoms with Crippen molar-refractivity contribution in [2.45, 2.75) is 18.0 Å². The molecule has 1 aromatic heterocycles. The summed E-state index contributed by atoms with van der Waals surface area (Å²) in [5.41, 5.74) is 5.39. The van der Waals surface area contributed by atoms with Gasteiger partial charge in [0.2, 0.25) is 0 Å². The molecule has 1 rings (SSSR count). The molecule has 0 spiro atoms. The number of nitrogens with one attached hydrogen (secondary N) is 1. The number of likely N-dealkylation sites (N-methyl/N-ethyl adjacent to an activating group) is 1. The van der Waals surface area contributed by atoms with Crippen molar-refractivity contribution in [2.75, 3.05) is 7.05 Å². The number of H-pyrrole nitrogens is 1. The van der Waals surface area contributed by atoms with Crippen molar-refractivity contribution >= 4 is 27.2 Å². The molecule has 6 nitrogen and oxygen atoms in total. The number of imidazole rings is 1. The molecule has 1 aromatic rings. The molecule has 8 heteroatoms. The molecule has 0 aliphatic rings. The van der Waals surface area contributed by atoms with E-state index in [4.69, 9.17) is 18.0 Å². The molecule has 1 atom stereocenters. The van der Waals surface area contributed by atoms with Gasteiger partial charge in [-0.05, 0) is 6.92 Å². The largest absolute Gasteiger partial charge is 0.392 e. The topological polar surface area (TPSA) is 92.1 Å². The first-order chi connectivity index (χ1) is 6.87. The van der Waals surface area contributed by atoms with Crippen molar-refractivity contribution in [1.29, 1.82) is 0 Å². The van der Waals surface area contributed by atoms with E-state index in [1.165, 1.54) is 19.6 Å². The van der Waals surface area contributed by atoms with Crippen LogP contribution in [0.25, 0.3) is 0 Å². The Labute approximate surface area is 93.5 Å². The Morgan fingerprint density at radius 3 is 2.73 bits per heavy atom. The molecule has 0 fully saturated rings. The number of aromatic amines is 1. The Morgan fingerprint density at radius 1 is 1.73 bits per heavy atom. The summed E-state index contributed by atoms with van der Waals surface area (Å²) in [6.07, 6.45) is 2.53. The second kappa shape index (κ2) is 4.25. The molecular formula is C7H12N4O2S2. The summed E-state index contributed by atoms with van der Waals surface area (Å²) < 4.78 is 24.9. The standard InChI is InChI=1S/C7H12N4O2S2/c1-5(7(8)14)11(2)15(12,13)6-3-9-4-10-6/h3-5H,1-2H3,(H2,8,14)(H,9,10). The van der Waals surface area contributed by atoms with E-state index in [1.54, 1.807) is 6.92 Å². The van der Waals surface area contributed by atoms with Crippen molar-refractivity contribution in [3.63, 3.8) is 0 Å². The zero-order chi connectivity index (χ0) is 11.6. The van der Waals surface area contributed by atoms with Crippen molar-refractivity contribution < 1.29 is 8.42 Å². The van der Waals surface area contributed by atoms with Gasteiger partial charge >= 0.3 is 0 Å². The third-order valence-electron chi connectivity index (χ3n) is 2.09. The lowest BCUT2D eigenvalue weighted by Crippen LogP contribution is -2.42. The lowest BCUT2D eigenvalue weighted by molar-refractivity contribution is 0.449. The normalized spacial score (nSPS) is 14.1. The molecule has 0 amide bonds. The maximum atomic E-state index is 11.9. The summed E-state index contributed by atoms with van der Waals surface area (Å²) in [6.45, 7) is 1.62. The number of aromatic nitrogens is 2. The van der Waals surface area contributed by atoms with Crippen molar-refractivity contribution in [3.05, 3.63) is 12.5 Å². The molecule has 0 bridgehead atoms. The van der Waals surface area contributed by atoms with Gasteiger partial charge in [-0.2, -0.15) is 4.31 Å². The van der Waals surface area contributed by atoms with E-state index in [2.05, 4.69) is 9.97 Å². The second-order valence-electron chi connectivity index (χ2n) is 3.02. The Morgan fingerprint density at radius 2 is 2.33 bits per heavy atom. The van der Waals surface area contributed by atoms with Crippen molar-refractivity contribution in [1.82, 2.24) is 14.3 Å². The summed E-state index contributed by atoms with van der Waals surface area (Å²) >= 11 is 4.74. The fourth-order valence-corrected chi connectivity index (χ4v) is 2.39. The monoisotopic (exact) mass is 248 g/mol. The van der Waals surface area contributed by atoms with Crippen LogP contribution in [-0.2, 0) is 10.0 Å². The van der Waals surface area contributed by atoms with Gasteiger partial charge in [0.1, 0.15) is 0 Å². The number of rotatable bonds is 4. The number of thiocarbonyl (C=S) groups is 1. The van der Waals surface area contributed by atoms with Crippen molar-refractivity contribution in [2.24, 2.45) is 5.73 Å². The smallest absolute Gasteiger partial charge is 0.260 e. The number of nitrogens with two attached hydrogens (primary N) is 1. The van der Waals surface area contributed by atoms with Crippen LogP contribution in [0.2, 0.25) is 0 Å². The Balaban J connectivity index is 3.03. The number of sulfonamides is 1. The van der Waals surface area contributed by atoms with Crippen LogP contribution in [-0.4, -0.2) is 40.8 Å². The molecule has 0 aromatic carbocycles. The van der Waals surface area contributed by atoms with Crippen LogP contribution in [0.4, 0.5) is 0 Å². The van der Waals surface area contributed by atoms with Gasteiger partial charge in [-0.3, -0.25) is 0 Å². The summed E-state index contributed by atoms with van der Waals surface area (Å²) in [5.74, 6) is 0. The number of hydrogen-bond donors (Lipinski definition) is 2. The van der Waals surface area contributed by atoms with E-state index in [0.717, 1.165) is 4.31 Å². The molecular weight excluding hydrogens is 236 g/mol. The van der Waals surface area contributed by atoms with Crippen LogP contribution >= 0.6 is 12.2 Å². The fraction of sp³-hybridized carbons (Fsp3) is 0.429. The van der Waals surface area contributed by atoms with Gasteiger partial charge < -0.3 is 10.7 Å². The van der Waals surface area contributed by atoms with E-state index < -0.39 is 16.1 Å². The van der Waals surface area contributed by atoms with E-state index in [0.29, 0.717) is 0 Å². The molecule has 84 valence electrons. The zero-order valence-corrected chi connectivity index (χ0v) is 9.97. The Bertz CT molecular complexity index is 440. The van der Waals surface area contributed by atoms with Crippen LogP contribution in [0.1, 0.15) is 6.92 Å². The Hall–Kier alpha value is -0.990. The summed E-state index contributed by atoms with van der Waals surface area (Å²) in [4.78, 5) is 6.30. The van der Waals surface area contributed by atoms with E-state index >= 15 is 0 Å². The average Bonchev–Trinajstić information content (AvgIpc) is 2.68.